The molecular formula is C20H18O2. The van der Waals surface area contributed by atoms with Crippen molar-refractivity contribution in [2.24, 2.45) is 0 Å². The van der Waals surface area contributed by atoms with Crippen molar-refractivity contribution in [3.63, 3.8) is 0 Å². The molecule has 0 saturated carbocycles. The van der Waals surface area contributed by atoms with E-state index < -0.39 is 0 Å². The fourth-order valence-corrected chi connectivity index (χ4v) is 2.58. The van der Waals surface area contributed by atoms with E-state index in [1.807, 2.05) is 36.4 Å². The minimum atomic E-state index is 0.459. The average molecular weight is 290 g/mol. The molecule has 3 rings (SSSR count). The molecule has 0 atom stereocenters. The fourth-order valence-electron chi connectivity index (χ4n) is 2.58. The van der Waals surface area contributed by atoms with E-state index in [-0.39, 0.29) is 0 Å². The van der Waals surface area contributed by atoms with Crippen molar-refractivity contribution in [1.82, 2.24) is 0 Å². The summed E-state index contributed by atoms with van der Waals surface area (Å²) in [5, 5.41) is 1.97. The third-order valence-corrected chi connectivity index (χ3v) is 4.01. The van der Waals surface area contributed by atoms with Crippen LogP contribution >= 0.6 is 0 Å². The van der Waals surface area contributed by atoms with Crippen LogP contribution in [0.3, 0.4) is 0 Å². The Kier molecular flexibility index (Phi) is 3.92. The zero-order valence-corrected chi connectivity index (χ0v) is 12.8. The van der Waals surface area contributed by atoms with Crippen LogP contribution in [-0.4, -0.2) is 6.29 Å². The molecule has 0 radical (unpaired) electrons. The highest BCUT2D eigenvalue weighted by molar-refractivity contribution is 6.00. The van der Waals surface area contributed by atoms with E-state index >= 15 is 0 Å². The van der Waals surface area contributed by atoms with E-state index in [0.717, 1.165) is 22.6 Å². The molecule has 0 aromatic heterocycles. The lowest BCUT2D eigenvalue weighted by atomic mass is 10.0. The van der Waals surface area contributed by atoms with Crippen LogP contribution in [-0.2, 0) is 6.61 Å². The Bertz CT molecular complexity index is 834. The Morgan fingerprint density at radius 2 is 1.77 bits per heavy atom. The lowest BCUT2D eigenvalue weighted by Gasteiger charge is -2.11. The first-order chi connectivity index (χ1) is 10.7. The van der Waals surface area contributed by atoms with E-state index in [1.165, 1.54) is 11.1 Å². The van der Waals surface area contributed by atoms with E-state index in [9.17, 15) is 4.79 Å². The molecule has 0 aliphatic carbocycles. The lowest BCUT2D eigenvalue weighted by molar-refractivity contribution is 0.112. The summed E-state index contributed by atoms with van der Waals surface area (Å²) >= 11 is 0. The molecule has 0 spiro atoms. The Balaban J connectivity index is 1.90. The number of carbonyl (C=O) groups is 1. The van der Waals surface area contributed by atoms with Gasteiger partial charge in [-0.2, -0.15) is 0 Å². The van der Waals surface area contributed by atoms with Crippen molar-refractivity contribution in [2.45, 2.75) is 20.5 Å². The van der Waals surface area contributed by atoms with Gasteiger partial charge in [-0.3, -0.25) is 4.79 Å². The van der Waals surface area contributed by atoms with Crippen LogP contribution in [0.15, 0.2) is 54.6 Å². The predicted octanol–water partition coefficient (Wildman–Crippen LogP) is 4.85. The summed E-state index contributed by atoms with van der Waals surface area (Å²) in [5.41, 5.74) is 4.23. The van der Waals surface area contributed by atoms with Gasteiger partial charge in [0.15, 0.2) is 6.29 Å². The van der Waals surface area contributed by atoms with Crippen molar-refractivity contribution in [3.8, 4) is 5.75 Å². The monoisotopic (exact) mass is 290 g/mol. The highest BCUT2D eigenvalue weighted by atomic mass is 16.5. The molecule has 0 saturated heterocycles. The SMILES string of the molecule is Cc1ccc(COc2ccc3ccccc3c2C=O)cc1C. The molecule has 0 unspecified atom stereocenters. The zero-order chi connectivity index (χ0) is 15.5. The Morgan fingerprint density at radius 1 is 0.955 bits per heavy atom. The third-order valence-electron chi connectivity index (χ3n) is 4.01. The molecule has 0 bridgehead atoms. The molecule has 2 nitrogen and oxygen atoms in total. The summed E-state index contributed by atoms with van der Waals surface area (Å²) in [5.74, 6) is 0.631. The number of rotatable bonds is 4. The van der Waals surface area contributed by atoms with Crippen molar-refractivity contribution in [1.29, 1.82) is 0 Å². The van der Waals surface area contributed by atoms with E-state index in [0.29, 0.717) is 17.9 Å². The van der Waals surface area contributed by atoms with Crippen molar-refractivity contribution < 1.29 is 9.53 Å². The van der Waals surface area contributed by atoms with Gasteiger partial charge in [-0.1, -0.05) is 48.5 Å². The van der Waals surface area contributed by atoms with Crippen molar-refractivity contribution >= 4 is 17.1 Å². The van der Waals surface area contributed by atoms with Crippen LogP contribution < -0.4 is 4.74 Å². The van der Waals surface area contributed by atoms with Gasteiger partial charge in [0.25, 0.3) is 0 Å². The van der Waals surface area contributed by atoms with Gasteiger partial charge < -0.3 is 4.74 Å². The minimum Gasteiger partial charge on any atom is -0.488 e. The highest BCUT2D eigenvalue weighted by Gasteiger charge is 2.08. The van der Waals surface area contributed by atoms with Gasteiger partial charge in [0.05, 0.1) is 5.56 Å². The fraction of sp³-hybridized carbons (Fsp3) is 0.150. The molecule has 0 fully saturated rings. The van der Waals surface area contributed by atoms with Gasteiger partial charge in [0, 0.05) is 0 Å². The van der Waals surface area contributed by atoms with E-state index in [1.54, 1.807) is 0 Å². The number of aldehydes is 1. The summed E-state index contributed by atoms with van der Waals surface area (Å²) < 4.78 is 5.89. The highest BCUT2D eigenvalue weighted by Crippen LogP contribution is 2.27. The number of ether oxygens (including phenoxy) is 1. The summed E-state index contributed by atoms with van der Waals surface area (Å²) in [6.45, 7) is 4.64. The zero-order valence-electron chi connectivity index (χ0n) is 12.8. The number of fused-ring (bicyclic) bond motifs is 1. The van der Waals surface area contributed by atoms with Gasteiger partial charge in [0.2, 0.25) is 0 Å². The quantitative estimate of drug-likeness (QED) is 0.642. The molecule has 0 aliphatic heterocycles. The second-order valence-corrected chi connectivity index (χ2v) is 5.52. The van der Waals surface area contributed by atoms with Crippen LogP contribution in [0.5, 0.6) is 5.75 Å². The van der Waals surface area contributed by atoms with Crippen LogP contribution in [0, 0.1) is 13.8 Å². The van der Waals surface area contributed by atoms with Crippen LogP contribution in [0.1, 0.15) is 27.0 Å². The molecule has 3 aromatic rings. The standard InChI is InChI=1S/C20H18O2/c1-14-7-8-16(11-15(14)2)13-22-20-10-9-17-5-3-4-6-18(17)19(20)12-21/h3-12H,13H2,1-2H3. The molecule has 0 heterocycles. The number of benzene rings is 3. The normalized spacial score (nSPS) is 10.6. The summed E-state index contributed by atoms with van der Waals surface area (Å²) in [7, 11) is 0. The first-order valence-electron chi connectivity index (χ1n) is 7.35. The number of carbonyl (C=O) groups excluding carboxylic acids is 1. The topological polar surface area (TPSA) is 26.3 Å². The Hall–Kier alpha value is -2.61. The second-order valence-electron chi connectivity index (χ2n) is 5.52. The molecule has 3 aromatic carbocycles. The number of hydrogen-bond donors (Lipinski definition) is 0. The molecule has 0 aliphatic rings. The molecule has 22 heavy (non-hydrogen) atoms. The van der Waals surface area contributed by atoms with Gasteiger partial charge in [0.1, 0.15) is 12.4 Å². The summed E-state index contributed by atoms with van der Waals surface area (Å²) in [4.78, 5) is 11.5. The summed E-state index contributed by atoms with van der Waals surface area (Å²) in [6.07, 6.45) is 0.873. The summed E-state index contributed by atoms with van der Waals surface area (Å²) in [6, 6.07) is 18.0. The van der Waals surface area contributed by atoms with E-state index in [4.69, 9.17) is 4.74 Å². The maximum atomic E-state index is 11.5. The maximum absolute atomic E-state index is 11.5. The van der Waals surface area contributed by atoms with Gasteiger partial charge >= 0.3 is 0 Å². The van der Waals surface area contributed by atoms with Gasteiger partial charge in [-0.15, -0.1) is 0 Å². The van der Waals surface area contributed by atoms with Crippen LogP contribution in [0.25, 0.3) is 10.8 Å². The predicted molar refractivity (Wildman–Crippen MR) is 89.6 cm³/mol. The van der Waals surface area contributed by atoms with Crippen LogP contribution in [0.4, 0.5) is 0 Å². The first kappa shape index (κ1) is 14.3. The molecule has 110 valence electrons. The largest absolute Gasteiger partial charge is 0.488 e. The molecular weight excluding hydrogens is 272 g/mol. The lowest BCUT2D eigenvalue weighted by Crippen LogP contribution is -1.99. The third kappa shape index (κ3) is 2.73. The number of aryl methyl sites for hydroxylation is 2. The van der Waals surface area contributed by atoms with Crippen LogP contribution in [0.2, 0.25) is 0 Å². The average Bonchev–Trinajstić information content (AvgIpc) is 2.55. The smallest absolute Gasteiger partial charge is 0.154 e. The second kappa shape index (κ2) is 6.02. The molecule has 0 N–H and O–H groups in total. The van der Waals surface area contributed by atoms with Gasteiger partial charge in [-0.25, -0.2) is 0 Å². The Labute approximate surface area is 130 Å². The Morgan fingerprint density at radius 3 is 2.55 bits per heavy atom. The van der Waals surface area contributed by atoms with Crippen molar-refractivity contribution in [3.05, 3.63) is 76.9 Å². The van der Waals surface area contributed by atoms with Gasteiger partial charge in [-0.05, 0) is 47.4 Å². The molecule has 2 heteroatoms. The molecule has 0 amide bonds. The van der Waals surface area contributed by atoms with Crippen molar-refractivity contribution in [2.75, 3.05) is 0 Å². The van der Waals surface area contributed by atoms with E-state index in [2.05, 4.69) is 32.0 Å². The maximum Gasteiger partial charge on any atom is 0.154 e. The number of hydrogen-bond acceptors (Lipinski definition) is 2. The first-order valence-corrected chi connectivity index (χ1v) is 7.35. The minimum absolute atomic E-state index is 0.459.